The Kier molecular flexibility index (Phi) is 10.5. The Hall–Kier alpha value is -4.18. The van der Waals surface area contributed by atoms with E-state index in [9.17, 15) is 15.2 Å². The zero-order valence-electron chi connectivity index (χ0n) is 33.1. The number of fused-ring (bicyclic) bond motifs is 3. The summed E-state index contributed by atoms with van der Waals surface area (Å²) in [6, 6.07) is 9.34. The average molecular weight is 770 g/mol. The minimum atomic E-state index is -2.33. The molecule has 0 bridgehead atoms. The summed E-state index contributed by atoms with van der Waals surface area (Å²) in [5.74, 6) is 2.03. The molecule has 0 radical (unpaired) electrons. The van der Waals surface area contributed by atoms with Crippen molar-refractivity contribution in [2.24, 2.45) is 0 Å². The molecule has 3 aliphatic rings. The van der Waals surface area contributed by atoms with Crippen molar-refractivity contribution in [3.63, 3.8) is 0 Å². The number of nitro groups is 1. The number of β-amino-alcohol motifs (C(OH)–C–C–N with tert-alkyl or cyclic N) is 1. The van der Waals surface area contributed by atoms with Crippen LogP contribution in [0, 0.1) is 33.2 Å². The van der Waals surface area contributed by atoms with Gasteiger partial charge in [-0.1, -0.05) is 71.7 Å². The van der Waals surface area contributed by atoms with Gasteiger partial charge in [0.05, 0.1) is 32.6 Å². The molecule has 3 aliphatic heterocycles. The van der Waals surface area contributed by atoms with Crippen LogP contribution in [0.5, 0.6) is 6.01 Å². The van der Waals surface area contributed by atoms with E-state index < -0.39 is 35.9 Å². The molecule has 9 nitrogen and oxygen atoms in total. The molecule has 12 heteroatoms. The Labute approximate surface area is 323 Å². The van der Waals surface area contributed by atoms with Crippen molar-refractivity contribution in [2.45, 2.75) is 115 Å². The second-order valence-corrected chi connectivity index (χ2v) is 22.9. The van der Waals surface area contributed by atoms with Crippen molar-refractivity contribution in [3.8, 4) is 28.6 Å². The first kappa shape index (κ1) is 39.1. The van der Waals surface area contributed by atoms with Crippen molar-refractivity contribution >= 4 is 41.3 Å². The highest BCUT2D eigenvalue weighted by Gasteiger charge is 2.45. The number of rotatable bonds is 9. The third-order valence-electron chi connectivity index (χ3n) is 12.9. The number of anilines is 1. The molecule has 0 spiro atoms. The molecule has 3 fully saturated rings. The number of benzene rings is 3. The summed E-state index contributed by atoms with van der Waals surface area (Å²) in [7, 11) is -2.33. The Morgan fingerprint density at radius 2 is 1.65 bits per heavy atom. The number of ether oxygens (including phenoxy) is 1. The SMILES string of the molecule is CC(C)[Si](C#Cc1c(F)ccc2cccc(-c3c([N+](=O)[O-])cc4c(N5CCCC(C)(O)C5)nc(OCC56CCCN5CCC6)nc4c3F)c12)(C(C)C)C(C)C. The van der Waals surface area contributed by atoms with Crippen LogP contribution in [-0.4, -0.2) is 76.9 Å². The molecule has 4 aromatic rings. The molecule has 1 atom stereocenters. The van der Waals surface area contributed by atoms with Gasteiger partial charge in [-0.3, -0.25) is 15.0 Å². The van der Waals surface area contributed by atoms with E-state index in [2.05, 4.69) is 62.9 Å². The first-order chi connectivity index (χ1) is 26.1. The normalized spacial score (nSPS) is 20.1. The molecule has 0 aliphatic carbocycles. The fraction of sp³-hybridized carbons (Fsp3) is 0.535. The van der Waals surface area contributed by atoms with Crippen molar-refractivity contribution in [3.05, 3.63) is 63.7 Å². The predicted octanol–water partition coefficient (Wildman–Crippen LogP) is 9.56. The van der Waals surface area contributed by atoms with Gasteiger partial charge in [-0.15, -0.1) is 5.54 Å². The maximum Gasteiger partial charge on any atom is 0.319 e. The smallest absolute Gasteiger partial charge is 0.319 e. The molecule has 0 amide bonds. The van der Waals surface area contributed by atoms with Crippen molar-refractivity contribution in [1.82, 2.24) is 14.9 Å². The third kappa shape index (κ3) is 6.86. The van der Waals surface area contributed by atoms with Gasteiger partial charge in [-0.25, -0.2) is 8.78 Å². The number of nitro benzene ring substituents is 1. The zero-order chi connectivity index (χ0) is 39.4. The van der Waals surface area contributed by atoms with Gasteiger partial charge in [-0.05, 0) is 86.6 Å². The molecule has 3 saturated heterocycles. The van der Waals surface area contributed by atoms with Crippen molar-refractivity contribution in [1.29, 1.82) is 0 Å². The highest BCUT2D eigenvalue weighted by molar-refractivity contribution is 6.90. The second kappa shape index (κ2) is 14.7. The summed E-state index contributed by atoms with van der Waals surface area (Å²) < 4.78 is 40.1. The van der Waals surface area contributed by atoms with Crippen LogP contribution in [0.25, 0.3) is 32.8 Å². The molecule has 1 aromatic heterocycles. The quantitative estimate of drug-likeness (QED) is 0.0777. The zero-order valence-corrected chi connectivity index (χ0v) is 34.1. The summed E-state index contributed by atoms with van der Waals surface area (Å²) in [6.45, 7) is 17.9. The maximum absolute atomic E-state index is 17.6. The van der Waals surface area contributed by atoms with Gasteiger partial charge in [0, 0.05) is 30.1 Å². The second-order valence-electron chi connectivity index (χ2n) is 17.3. The molecule has 3 aromatic carbocycles. The Bertz CT molecular complexity index is 2180. The predicted molar refractivity (Wildman–Crippen MR) is 217 cm³/mol. The van der Waals surface area contributed by atoms with Crippen LogP contribution in [0.4, 0.5) is 20.3 Å². The van der Waals surface area contributed by atoms with E-state index in [1.54, 1.807) is 31.2 Å². The summed E-state index contributed by atoms with van der Waals surface area (Å²) in [5.41, 5.74) is 2.63. The monoisotopic (exact) mass is 769 g/mol. The van der Waals surface area contributed by atoms with E-state index in [4.69, 9.17) is 9.72 Å². The lowest BCUT2D eigenvalue weighted by molar-refractivity contribution is -0.384. The van der Waals surface area contributed by atoms with Crippen LogP contribution < -0.4 is 9.64 Å². The average Bonchev–Trinajstić information content (AvgIpc) is 3.71. The van der Waals surface area contributed by atoms with Crippen molar-refractivity contribution < 1.29 is 23.5 Å². The highest BCUT2D eigenvalue weighted by Crippen LogP contribution is 2.46. The summed E-state index contributed by atoms with van der Waals surface area (Å²) in [5, 5.41) is 25.1. The fourth-order valence-corrected chi connectivity index (χ4v) is 15.4. The molecular weight excluding hydrogens is 717 g/mol. The molecule has 7 rings (SSSR count). The van der Waals surface area contributed by atoms with E-state index in [0.717, 1.165) is 38.8 Å². The van der Waals surface area contributed by atoms with Gasteiger partial charge in [0.1, 0.15) is 31.8 Å². The standard InChI is InChI=1S/C43H53F2N5O4Si/c1-27(2)55(28(3)4,29(5)6)23-16-31-34(44)15-14-30-12-8-13-32(36(30)31)37-35(50(52)53)24-33-39(38(37)45)46-41(47-40(33)48-20-9-17-42(7,51)25-48)54-26-43-18-10-21-49(43)22-11-19-43/h8,12-15,24,27-29,51H,9-11,17-22,25-26H2,1-7H3. The highest BCUT2D eigenvalue weighted by atomic mass is 28.3. The third-order valence-corrected chi connectivity index (χ3v) is 19.1. The Balaban J connectivity index is 1.47. The van der Waals surface area contributed by atoms with Crippen LogP contribution in [0.2, 0.25) is 16.6 Å². The Morgan fingerprint density at radius 3 is 2.29 bits per heavy atom. The van der Waals surface area contributed by atoms with Crippen LogP contribution in [-0.2, 0) is 0 Å². The molecule has 55 heavy (non-hydrogen) atoms. The number of hydrogen-bond acceptors (Lipinski definition) is 8. The van der Waals surface area contributed by atoms with Crippen LogP contribution in [0.3, 0.4) is 0 Å². The van der Waals surface area contributed by atoms with E-state index in [0.29, 0.717) is 36.8 Å². The lowest BCUT2D eigenvalue weighted by Gasteiger charge is -2.38. The minimum Gasteiger partial charge on any atom is -0.461 e. The van der Waals surface area contributed by atoms with E-state index in [1.165, 1.54) is 12.1 Å². The largest absolute Gasteiger partial charge is 0.461 e. The van der Waals surface area contributed by atoms with Crippen LogP contribution in [0.15, 0.2) is 36.4 Å². The Morgan fingerprint density at radius 1 is 0.982 bits per heavy atom. The number of halogens is 2. The topological polar surface area (TPSA) is 105 Å². The molecule has 1 unspecified atom stereocenters. The molecule has 292 valence electrons. The van der Waals surface area contributed by atoms with Gasteiger partial charge in [0.2, 0.25) is 0 Å². The first-order valence-corrected chi connectivity index (χ1v) is 22.1. The lowest BCUT2D eigenvalue weighted by Crippen LogP contribution is -2.46. The van der Waals surface area contributed by atoms with Crippen LogP contribution >= 0.6 is 0 Å². The van der Waals surface area contributed by atoms with Gasteiger partial charge in [0.15, 0.2) is 5.82 Å². The maximum atomic E-state index is 17.6. The van der Waals surface area contributed by atoms with Crippen LogP contribution in [0.1, 0.15) is 92.6 Å². The molecule has 1 N–H and O–H groups in total. The molecular formula is C43H53F2N5O4Si. The number of nitrogens with zero attached hydrogens (tertiary/aromatic N) is 5. The summed E-state index contributed by atoms with van der Waals surface area (Å²) >= 11 is 0. The van der Waals surface area contributed by atoms with Crippen molar-refractivity contribution in [2.75, 3.05) is 37.7 Å². The summed E-state index contributed by atoms with van der Waals surface area (Å²) in [4.78, 5) is 26.1. The van der Waals surface area contributed by atoms with E-state index in [1.807, 2.05) is 4.90 Å². The van der Waals surface area contributed by atoms with Gasteiger partial charge >= 0.3 is 6.01 Å². The van der Waals surface area contributed by atoms with E-state index >= 15 is 8.78 Å². The van der Waals surface area contributed by atoms with Gasteiger partial charge in [0.25, 0.3) is 5.69 Å². The minimum absolute atomic E-state index is 0.0209. The number of piperidine rings is 1. The molecule has 4 heterocycles. The van der Waals surface area contributed by atoms with Gasteiger partial charge < -0.3 is 14.7 Å². The lowest BCUT2D eigenvalue weighted by atomic mass is 9.92. The number of aliphatic hydroxyl groups is 1. The van der Waals surface area contributed by atoms with E-state index in [-0.39, 0.29) is 68.1 Å². The molecule has 0 saturated carbocycles. The number of hydrogen-bond donors (Lipinski definition) is 1. The number of aromatic nitrogens is 2. The van der Waals surface area contributed by atoms with Gasteiger partial charge in [-0.2, -0.15) is 9.97 Å². The fourth-order valence-electron chi connectivity index (χ4n) is 10.2. The summed E-state index contributed by atoms with van der Waals surface area (Å²) in [6.07, 6.45) is 5.35. The first-order valence-electron chi connectivity index (χ1n) is 19.9.